The van der Waals surface area contributed by atoms with Gasteiger partial charge in [0.2, 0.25) is 0 Å². The number of urea groups is 1. The summed E-state index contributed by atoms with van der Waals surface area (Å²) in [4.78, 5) is 15.0. The normalized spacial score (nSPS) is 14.7. The van der Waals surface area contributed by atoms with Gasteiger partial charge in [-0.1, -0.05) is 42.0 Å². The van der Waals surface area contributed by atoms with Crippen molar-refractivity contribution in [3.8, 4) is 17.2 Å². The van der Waals surface area contributed by atoms with Crippen LogP contribution in [0.15, 0.2) is 102 Å². The second-order valence-corrected chi connectivity index (χ2v) is 9.33. The molecule has 0 saturated heterocycles. The van der Waals surface area contributed by atoms with Gasteiger partial charge in [-0.15, -0.1) is 0 Å². The zero-order chi connectivity index (χ0) is 28.2. The smallest absolute Gasteiger partial charge is 0.387 e. The summed E-state index contributed by atoms with van der Waals surface area (Å²) in [6.07, 6.45) is 0. The lowest BCUT2D eigenvalue weighted by atomic mass is 9.90. The first-order valence-electron chi connectivity index (χ1n) is 12.6. The number of anilines is 1. The van der Waals surface area contributed by atoms with Crippen molar-refractivity contribution in [3.05, 3.63) is 120 Å². The van der Waals surface area contributed by atoms with Gasteiger partial charge in [0.1, 0.15) is 23.1 Å². The van der Waals surface area contributed by atoms with Crippen LogP contribution in [0.3, 0.4) is 0 Å². The van der Waals surface area contributed by atoms with Crippen LogP contribution in [0.2, 0.25) is 0 Å². The Labute approximate surface area is 229 Å². The molecule has 0 aliphatic carbocycles. The lowest BCUT2D eigenvalue weighted by Crippen LogP contribution is -2.37. The molecule has 204 valence electrons. The van der Waals surface area contributed by atoms with Crippen molar-refractivity contribution in [3.63, 3.8) is 0 Å². The first-order chi connectivity index (χ1) is 19.3. The number of alkyl halides is 2. The molecule has 1 unspecified atom stereocenters. The third-order valence-electron chi connectivity index (χ3n) is 6.53. The highest BCUT2D eigenvalue weighted by molar-refractivity contribution is 6.08. The predicted octanol–water partition coefficient (Wildman–Crippen LogP) is 7.59. The molecule has 0 radical (unpaired) electrons. The highest BCUT2D eigenvalue weighted by Gasteiger charge is 2.34. The summed E-state index contributed by atoms with van der Waals surface area (Å²) in [6.45, 7) is -0.637. The molecule has 1 aliphatic rings. The van der Waals surface area contributed by atoms with Gasteiger partial charge in [0.25, 0.3) is 0 Å². The van der Waals surface area contributed by atoms with E-state index in [1.54, 1.807) is 37.4 Å². The molecule has 1 heterocycles. The third kappa shape index (κ3) is 6.09. The Morgan fingerprint density at radius 3 is 2.17 bits per heavy atom. The monoisotopic (exact) mass is 545 g/mol. The molecule has 9 heteroatoms. The lowest BCUT2D eigenvalue weighted by molar-refractivity contribution is -0.0498. The quantitative estimate of drug-likeness (QED) is 0.241. The molecule has 2 amide bonds. The van der Waals surface area contributed by atoms with Gasteiger partial charge >= 0.3 is 12.6 Å². The van der Waals surface area contributed by atoms with E-state index in [0.717, 1.165) is 16.7 Å². The van der Waals surface area contributed by atoms with Gasteiger partial charge in [-0.2, -0.15) is 13.9 Å². The van der Waals surface area contributed by atoms with Crippen LogP contribution in [0.4, 0.5) is 23.7 Å². The fourth-order valence-corrected chi connectivity index (χ4v) is 4.44. The number of hydrazone groups is 1. The summed E-state index contributed by atoms with van der Waals surface area (Å²) in [5.74, 6) is 0.343. The summed E-state index contributed by atoms with van der Waals surface area (Å²) >= 11 is 0. The minimum atomic E-state index is -2.90. The van der Waals surface area contributed by atoms with Crippen LogP contribution < -0.4 is 14.4 Å². The number of amides is 2. The fourth-order valence-electron chi connectivity index (χ4n) is 4.44. The molecule has 0 saturated carbocycles. The maximum atomic E-state index is 14.1. The number of nitrogens with zero attached hydrogens (tertiary/aromatic N) is 3. The van der Waals surface area contributed by atoms with Crippen LogP contribution in [-0.4, -0.2) is 37.0 Å². The van der Waals surface area contributed by atoms with Crippen LogP contribution in [0.5, 0.6) is 17.2 Å². The van der Waals surface area contributed by atoms with Gasteiger partial charge in [0.15, 0.2) is 0 Å². The van der Waals surface area contributed by atoms with E-state index in [2.05, 4.69) is 9.84 Å². The first-order valence-corrected chi connectivity index (χ1v) is 12.6. The Morgan fingerprint density at radius 1 is 0.925 bits per heavy atom. The van der Waals surface area contributed by atoms with Gasteiger partial charge in [-0.05, 0) is 78.7 Å². The second-order valence-electron chi connectivity index (χ2n) is 9.33. The summed E-state index contributed by atoms with van der Waals surface area (Å²) in [6, 6.07) is 26.6. The third-order valence-corrected chi connectivity index (χ3v) is 6.53. The summed E-state index contributed by atoms with van der Waals surface area (Å²) < 4.78 is 48.9. The number of carbonyl (C=O) groups is 1. The summed E-state index contributed by atoms with van der Waals surface area (Å²) in [7, 11) is 1.65. The van der Waals surface area contributed by atoms with E-state index < -0.39 is 6.61 Å². The van der Waals surface area contributed by atoms with E-state index in [-0.39, 0.29) is 30.1 Å². The van der Waals surface area contributed by atoms with Crippen LogP contribution in [0.1, 0.15) is 22.6 Å². The topological polar surface area (TPSA) is 54.4 Å². The van der Waals surface area contributed by atoms with E-state index in [9.17, 15) is 18.0 Å². The molecule has 0 aromatic heterocycles. The van der Waals surface area contributed by atoms with E-state index in [0.29, 0.717) is 22.9 Å². The molecular formula is C31H26F3N3O3. The van der Waals surface area contributed by atoms with Crippen molar-refractivity contribution in [2.75, 3.05) is 18.5 Å². The lowest BCUT2D eigenvalue weighted by Gasteiger charge is -2.23. The van der Waals surface area contributed by atoms with E-state index in [1.165, 1.54) is 46.3 Å². The van der Waals surface area contributed by atoms with Crippen LogP contribution in [0, 0.1) is 12.7 Å². The molecule has 1 atom stereocenters. The van der Waals surface area contributed by atoms with Gasteiger partial charge in [-0.25, -0.2) is 14.2 Å². The number of aryl methyl sites for hydroxylation is 1. The van der Waals surface area contributed by atoms with Crippen molar-refractivity contribution >= 4 is 17.4 Å². The predicted molar refractivity (Wildman–Crippen MR) is 147 cm³/mol. The fraction of sp³-hybridized carbons (Fsp3) is 0.161. The molecule has 4 aromatic carbocycles. The molecule has 40 heavy (non-hydrogen) atoms. The molecule has 6 nitrogen and oxygen atoms in total. The number of carbonyl (C=O) groups excluding carboxylic acids is 1. The van der Waals surface area contributed by atoms with E-state index in [1.807, 2.05) is 37.3 Å². The number of benzene rings is 4. The zero-order valence-electron chi connectivity index (χ0n) is 21.8. The maximum absolute atomic E-state index is 14.1. The molecule has 4 aromatic rings. The Morgan fingerprint density at radius 2 is 1.55 bits per heavy atom. The molecule has 0 fully saturated rings. The standard InChI is InChI=1S/C31H26F3N3O3/c1-20-6-8-21(9-7-20)29-28(22-4-3-5-23(32)18-22)19-37(35-29)31(38)36(2)24-10-12-25(13-11-24)39-26-14-16-27(17-15-26)40-30(33)34/h3-18,28,30H,19H2,1-2H3. The first kappa shape index (κ1) is 26.8. The van der Waals surface area contributed by atoms with Crippen LogP contribution in [-0.2, 0) is 0 Å². The molecule has 1 aliphatic heterocycles. The minimum Gasteiger partial charge on any atom is -0.457 e. The van der Waals surface area contributed by atoms with Crippen LogP contribution in [0.25, 0.3) is 0 Å². The van der Waals surface area contributed by atoms with Crippen molar-refractivity contribution in [1.29, 1.82) is 0 Å². The molecular weight excluding hydrogens is 519 g/mol. The van der Waals surface area contributed by atoms with Gasteiger partial charge < -0.3 is 9.47 Å². The number of ether oxygens (including phenoxy) is 2. The highest BCUT2D eigenvalue weighted by atomic mass is 19.3. The van der Waals surface area contributed by atoms with E-state index in [4.69, 9.17) is 4.74 Å². The summed E-state index contributed by atoms with van der Waals surface area (Å²) in [5.41, 5.74) is 4.02. The number of rotatable bonds is 7. The van der Waals surface area contributed by atoms with Crippen molar-refractivity contribution in [1.82, 2.24) is 5.01 Å². The maximum Gasteiger partial charge on any atom is 0.387 e. The number of hydrogen-bond donors (Lipinski definition) is 0. The SMILES string of the molecule is Cc1ccc(C2=NN(C(=O)N(C)c3ccc(Oc4ccc(OC(F)F)cc4)cc3)CC2c2cccc(F)c2)cc1. The van der Waals surface area contributed by atoms with Crippen molar-refractivity contribution in [2.45, 2.75) is 19.5 Å². The van der Waals surface area contributed by atoms with Crippen molar-refractivity contribution in [2.24, 2.45) is 5.10 Å². The van der Waals surface area contributed by atoms with Gasteiger partial charge in [0.05, 0.1) is 12.3 Å². The second kappa shape index (κ2) is 11.5. The Kier molecular flexibility index (Phi) is 7.72. The number of halogens is 3. The largest absolute Gasteiger partial charge is 0.457 e. The average molecular weight is 546 g/mol. The average Bonchev–Trinajstić information content (AvgIpc) is 3.39. The molecule has 5 rings (SSSR count). The minimum absolute atomic E-state index is 0.0348. The van der Waals surface area contributed by atoms with E-state index >= 15 is 0 Å². The van der Waals surface area contributed by atoms with Crippen LogP contribution >= 0.6 is 0 Å². The molecule has 0 spiro atoms. The Balaban J connectivity index is 1.31. The van der Waals surface area contributed by atoms with Gasteiger partial charge in [-0.3, -0.25) is 4.90 Å². The number of hydrogen-bond acceptors (Lipinski definition) is 4. The Bertz CT molecular complexity index is 1510. The molecule has 0 N–H and O–H groups in total. The zero-order valence-corrected chi connectivity index (χ0v) is 21.8. The Hall–Kier alpha value is -4.79. The van der Waals surface area contributed by atoms with Crippen molar-refractivity contribution < 1.29 is 27.4 Å². The molecule has 0 bridgehead atoms. The summed E-state index contributed by atoms with van der Waals surface area (Å²) in [5, 5.41) is 6.08. The highest BCUT2D eigenvalue weighted by Crippen LogP contribution is 2.31. The van der Waals surface area contributed by atoms with Gasteiger partial charge in [0, 0.05) is 18.7 Å².